The molecule has 0 radical (unpaired) electrons. The van der Waals surface area contributed by atoms with Crippen molar-refractivity contribution in [1.82, 2.24) is 9.80 Å². The monoisotopic (exact) mass is 504 g/mol. The van der Waals surface area contributed by atoms with Crippen molar-refractivity contribution in [3.05, 3.63) is 0 Å². The summed E-state index contributed by atoms with van der Waals surface area (Å²) in [5.74, 6) is -2.85. The second-order valence-electron chi connectivity index (χ2n) is 9.26. The molecule has 1 unspecified atom stereocenters. The van der Waals surface area contributed by atoms with E-state index in [-0.39, 0.29) is 0 Å². The molecule has 0 aromatic heterocycles. The summed E-state index contributed by atoms with van der Waals surface area (Å²) in [4.78, 5) is 24.7. The molecule has 0 saturated heterocycles. The number of carbonyl (C=O) groups is 2. The summed E-state index contributed by atoms with van der Waals surface area (Å²) >= 11 is 0. The highest BCUT2D eigenvalue weighted by Crippen LogP contribution is 2.02. The largest absolute Gasteiger partial charge is 0.481 e. The highest BCUT2D eigenvalue weighted by Gasteiger charge is 2.16. The van der Waals surface area contributed by atoms with Crippen LogP contribution in [0.25, 0.3) is 0 Å². The van der Waals surface area contributed by atoms with Crippen LogP contribution in [0.2, 0.25) is 0 Å². The molecule has 0 aromatic rings. The Hall–Kier alpha value is -1.18. The van der Waals surface area contributed by atoms with Gasteiger partial charge in [-0.05, 0) is 77.8 Å². The first-order chi connectivity index (χ1) is 16.7. The van der Waals surface area contributed by atoms with Crippen LogP contribution in [-0.2, 0) is 9.59 Å². The van der Waals surface area contributed by atoms with Gasteiger partial charge in [0.1, 0.15) is 0 Å². The van der Waals surface area contributed by atoms with Gasteiger partial charge in [0.05, 0.1) is 6.42 Å². The molecule has 212 valence electrons. The maximum atomic E-state index is 9.72. The molecule has 0 aliphatic carbocycles. The fourth-order valence-electron chi connectivity index (χ4n) is 3.21. The average molecular weight is 505 g/mol. The Morgan fingerprint density at radius 2 is 0.771 bits per heavy atom. The fraction of sp³-hybridized carbons (Fsp3) is 0.929. The van der Waals surface area contributed by atoms with Crippen LogP contribution in [0.15, 0.2) is 0 Å². The lowest BCUT2D eigenvalue weighted by Crippen LogP contribution is -2.27. The molecule has 7 heteroatoms. The Labute approximate surface area is 217 Å². The Morgan fingerprint density at radius 3 is 0.886 bits per heavy atom. The molecule has 0 amide bonds. The number of aliphatic hydroxyl groups is 1. The summed E-state index contributed by atoms with van der Waals surface area (Å²) in [6.45, 7) is 21.5. The van der Waals surface area contributed by atoms with Crippen LogP contribution >= 0.6 is 0 Å². The number of unbranched alkanes of at least 4 members (excludes halogenated alkanes) is 6. The normalized spacial score (nSPS) is 11.5. The molecule has 0 spiro atoms. The van der Waals surface area contributed by atoms with E-state index in [4.69, 9.17) is 15.3 Å². The number of hydrogen-bond acceptors (Lipinski definition) is 5. The summed E-state index contributed by atoms with van der Waals surface area (Å²) < 4.78 is 0. The van der Waals surface area contributed by atoms with Crippen molar-refractivity contribution in [3.8, 4) is 0 Å². The van der Waals surface area contributed by atoms with E-state index in [1.54, 1.807) is 0 Å². The summed E-state index contributed by atoms with van der Waals surface area (Å²) in [5.41, 5.74) is 0. The van der Waals surface area contributed by atoms with E-state index in [0.29, 0.717) is 0 Å². The molecule has 0 aromatic carbocycles. The molecule has 0 bridgehead atoms. The molecule has 0 heterocycles. The standard InChI is InChI=1S/2C12H27N.C4H6O5/c2*1-4-7-10-13(11-8-5-2)12-9-6-3;5-2(4(8)9)1-3(6)7/h2*4-12H2,1-3H3;2,5H,1H2,(H,6,7)(H,8,9). The molecule has 0 aliphatic rings. The lowest BCUT2D eigenvalue weighted by molar-refractivity contribution is -0.152. The summed E-state index contributed by atoms with van der Waals surface area (Å²) in [6.07, 6.45) is 13.6. The van der Waals surface area contributed by atoms with Gasteiger partial charge in [0.15, 0.2) is 6.10 Å². The second-order valence-corrected chi connectivity index (χ2v) is 9.26. The topological polar surface area (TPSA) is 101 Å². The Morgan fingerprint density at radius 1 is 0.543 bits per heavy atom. The summed E-state index contributed by atoms with van der Waals surface area (Å²) in [7, 11) is 0. The quantitative estimate of drug-likeness (QED) is 0.169. The third kappa shape index (κ3) is 32.8. The van der Waals surface area contributed by atoms with Crippen LogP contribution in [0.4, 0.5) is 0 Å². The fourth-order valence-corrected chi connectivity index (χ4v) is 3.21. The molecule has 0 saturated carbocycles. The van der Waals surface area contributed by atoms with Gasteiger partial charge in [-0.2, -0.15) is 0 Å². The predicted molar refractivity (Wildman–Crippen MR) is 148 cm³/mol. The van der Waals surface area contributed by atoms with Gasteiger partial charge in [-0.1, -0.05) is 80.1 Å². The first-order valence-electron chi connectivity index (χ1n) is 14.3. The first-order valence-corrected chi connectivity index (χ1v) is 14.3. The minimum Gasteiger partial charge on any atom is -0.481 e. The van der Waals surface area contributed by atoms with E-state index < -0.39 is 24.5 Å². The second kappa shape index (κ2) is 30.9. The molecule has 7 nitrogen and oxygen atoms in total. The number of hydrogen-bond donors (Lipinski definition) is 3. The van der Waals surface area contributed by atoms with E-state index in [0.717, 1.165) is 0 Å². The molecular formula is C28H60N2O5. The number of rotatable bonds is 21. The lowest BCUT2D eigenvalue weighted by Gasteiger charge is -2.21. The smallest absolute Gasteiger partial charge is 0.333 e. The first kappa shape index (κ1) is 38.4. The minimum absolute atomic E-state index is 0.755. The van der Waals surface area contributed by atoms with Crippen LogP contribution in [0.3, 0.4) is 0 Å². The number of nitrogens with zero attached hydrogens (tertiary/aromatic N) is 2. The third-order valence-corrected chi connectivity index (χ3v) is 5.62. The highest BCUT2D eigenvalue weighted by molar-refractivity contribution is 5.79. The minimum atomic E-state index is -1.79. The van der Waals surface area contributed by atoms with E-state index in [9.17, 15) is 9.59 Å². The summed E-state index contributed by atoms with van der Waals surface area (Å²) in [6, 6.07) is 0. The van der Waals surface area contributed by atoms with Crippen LogP contribution in [0.5, 0.6) is 0 Å². The van der Waals surface area contributed by atoms with Crippen molar-refractivity contribution in [2.75, 3.05) is 39.3 Å². The van der Waals surface area contributed by atoms with E-state index in [1.165, 1.54) is 116 Å². The van der Waals surface area contributed by atoms with Crippen LogP contribution < -0.4 is 0 Å². The van der Waals surface area contributed by atoms with Gasteiger partial charge >= 0.3 is 11.9 Å². The van der Waals surface area contributed by atoms with Gasteiger partial charge in [0, 0.05) is 0 Å². The SMILES string of the molecule is CCCCN(CCCC)CCCC.CCCCN(CCCC)CCCC.O=C(O)CC(O)C(=O)O. The maximum absolute atomic E-state index is 9.72. The lowest BCUT2D eigenvalue weighted by atomic mass is 10.2. The van der Waals surface area contributed by atoms with Crippen molar-refractivity contribution in [2.45, 2.75) is 131 Å². The van der Waals surface area contributed by atoms with Crippen molar-refractivity contribution in [3.63, 3.8) is 0 Å². The number of carboxylic acids is 2. The van der Waals surface area contributed by atoms with Gasteiger partial charge in [0.2, 0.25) is 0 Å². The van der Waals surface area contributed by atoms with Gasteiger partial charge in [-0.15, -0.1) is 0 Å². The van der Waals surface area contributed by atoms with Crippen molar-refractivity contribution in [2.24, 2.45) is 0 Å². The summed E-state index contributed by atoms with van der Waals surface area (Å²) in [5, 5.41) is 24.1. The van der Waals surface area contributed by atoms with Gasteiger partial charge < -0.3 is 25.1 Å². The number of aliphatic carboxylic acids is 2. The van der Waals surface area contributed by atoms with Gasteiger partial charge in [0.25, 0.3) is 0 Å². The third-order valence-electron chi connectivity index (χ3n) is 5.62. The number of aliphatic hydroxyl groups excluding tert-OH is 1. The zero-order valence-electron chi connectivity index (χ0n) is 24.1. The highest BCUT2D eigenvalue weighted by atomic mass is 16.4. The average Bonchev–Trinajstić information content (AvgIpc) is 2.83. The van der Waals surface area contributed by atoms with E-state index in [2.05, 4.69) is 51.3 Å². The van der Waals surface area contributed by atoms with E-state index in [1.807, 2.05) is 0 Å². The Kier molecular flexibility index (Phi) is 33.8. The van der Waals surface area contributed by atoms with Crippen molar-refractivity contribution < 1.29 is 24.9 Å². The Balaban J connectivity index is -0.000000448. The Bertz CT molecular complexity index is 387. The van der Waals surface area contributed by atoms with Crippen molar-refractivity contribution in [1.29, 1.82) is 0 Å². The molecule has 0 aliphatic heterocycles. The van der Waals surface area contributed by atoms with Crippen molar-refractivity contribution >= 4 is 11.9 Å². The molecule has 3 N–H and O–H groups in total. The molecule has 0 rings (SSSR count). The van der Waals surface area contributed by atoms with Crippen LogP contribution in [-0.4, -0.2) is 82.4 Å². The maximum Gasteiger partial charge on any atom is 0.333 e. The molecule has 1 atom stereocenters. The molecule has 0 fully saturated rings. The van der Waals surface area contributed by atoms with Gasteiger partial charge in [-0.3, -0.25) is 4.79 Å². The zero-order valence-corrected chi connectivity index (χ0v) is 24.1. The zero-order chi connectivity index (χ0) is 27.3. The van der Waals surface area contributed by atoms with Crippen LogP contribution in [0, 0.1) is 0 Å². The predicted octanol–water partition coefficient (Wildman–Crippen LogP) is 6.28. The van der Waals surface area contributed by atoms with Gasteiger partial charge in [-0.25, -0.2) is 4.79 Å². The number of carboxylic acid groups (broad SMARTS) is 2. The van der Waals surface area contributed by atoms with Crippen LogP contribution in [0.1, 0.15) is 125 Å². The molecule has 35 heavy (non-hydrogen) atoms. The molecular weight excluding hydrogens is 444 g/mol. The van der Waals surface area contributed by atoms with E-state index >= 15 is 0 Å².